The molecular formula is C14H15N3O2S. The molecule has 1 aromatic carbocycles. The number of anilines is 1. The number of carbonyl (C=O) groups is 1. The molecule has 0 aliphatic carbocycles. The van der Waals surface area contributed by atoms with E-state index in [0.717, 1.165) is 5.69 Å². The van der Waals surface area contributed by atoms with Crippen LogP contribution in [-0.2, 0) is 0 Å². The number of ether oxygens (including phenoxy) is 1. The second-order valence-electron chi connectivity index (χ2n) is 4.07. The summed E-state index contributed by atoms with van der Waals surface area (Å²) in [6.07, 6.45) is 1.87. The molecule has 1 aromatic heterocycles. The normalized spacial score (nSPS) is 10.2. The lowest BCUT2D eigenvalue weighted by Crippen LogP contribution is -2.15. The van der Waals surface area contributed by atoms with Crippen LogP contribution in [0.15, 0.2) is 35.5 Å². The van der Waals surface area contributed by atoms with Gasteiger partial charge in [-0.15, -0.1) is 0 Å². The van der Waals surface area contributed by atoms with Crippen LogP contribution in [0.3, 0.4) is 0 Å². The molecule has 0 unspecified atom stereocenters. The SMILES string of the molecule is COc1cccc(NC(=O)c2cc(C)nc(SC)n2)c1. The number of amides is 1. The standard InChI is InChI=1S/C14H15N3O2S/c1-9-7-12(17-14(15-9)20-3)13(18)16-10-5-4-6-11(8-10)19-2/h4-8H,1-3H3,(H,16,18). The molecule has 5 nitrogen and oxygen atoms in total. The number of thioether (sulfide) groups is 1. The second kappa shape index (κ2) is 6.38. The average molecular weight is 289 g/mol. The Bertz CT molecular complexity index is 632. The topological polar surface area (TPSA) is 64.1 Å². The molecule has 1 N–H and O–H groups in total. The van der Waals surface area contributed by atoms with Crippen molar-refractivity contribution in [2.24, 2.45) is 0 Å². The highest BCUT2D eigenvalue weighted by atomic mass is 32.2. The number of hydrogen-bond donors (Lipinski definition) is 1. The summed E-state index contributed by atoms with van der Waals surface area (Å²) in [4.78, 5) is 20.6. The third-order valence-electron chi connectivity index (χ3n) is 2.58. The Morgan fingerprint density at radius 1 is 1.30 bits per heavy atom. The number of rotatable bonds is 4. The molecule has 1 amide bonds. The molecule has 0 aliphatic rings. The van der Waals surface area contributed by atoms with Crippen LogP contribution in [0.2, 0.25) is 0 Å². The van der Waals surface area contributed by atoms with Gasteiger partial charge in [0.15, 0.2) is 5.16 Å². The average Bonchev–Trinajstić information content (AvgIpc) is 2.46. The molecular weight excluding hydrogens is 274 g/mol. The lowest BCUT2D eigenvalue weighted by molar-refractivity contribution is 0.102. The van der Waals surface area contributed by atoms with E-state index in [-0.39, 0.29) is 5.91 Å². The van der Waals surface area contributed by atoms with Crippen molar-refractivity contribution >= 4 is 23.4 Å². The molecule has 2 aromatic rings. The number of nitrogens with one attached hydrogen (secondary N) is 1. The minimum Gasteiger partial charge on any atom is -0.497 e. The first-order chi connectivity index (χ1) is 9.62. The van der Waals surface area contributed by atoms with E-state index in [1.165, 1.54) is 11.8 Å². The lowest BCUT2D eigenvalue weighted by Gasteiger charge is -2.07. The van der Waals surface area contributed by atoms with Gasteiger partial charge in [-0.2, -0.15) is 0 Å². The summed E-state index contributed by atoms with van der Waals surface area (Å²) in [7, 11) is 1.58. The number of methoxy groups -OCH3 is 1. The van der Waals surface area contributed by atoms with Crippen LogP contribution in [0.5, 0.6) is 5.75 Å². The van der Waals surface area contributed by atoms with Gasteiger partial charge in [0.25, 0.3) is 5.91 Å². The second-order valence-corrected chi connectivity index (χ2v) is 4.84. The van der Waals surface area contributed by atoms with Crippen molar-refractivity contribution in [3.63, 3.8) is 0 Å². The molecule has 0 saturated carbocycles. The monoisotopic (exact) mass is 289 g/mol. The van der Waals surface area contributed by atoms with Gasteiger partial charge in [0.05, 0.1) is 7.11 Å². The molecule has 2 rings (SSSR count). The van der Waals surface area contributed by atoms with Gasteiger partial charge in [-0.25, -0.2) is 9.97 Å². The van der Waals surface area contributed by atoms with E-state index in [1.807, 2.05) is 25.3 Å². The number of carbonyl (C=O) groups excluding carboxylic acids is 1. The van der Waals surface area contributed by atoms with E-state index in [0.29, 0.717) is 22.3 Å². The Morgan fingerprint density at radius 3 is 2.80 bits per heavy atom. The highest BCUT2D eigenvalue weighted by Gasteiger charge is 2.11. The van der Waals surface area contributed by atoms with Crippen LogP contribution in [-0.4, -0.2) is 29.2 Å². The van der Waals surface area contributed by atoms with Crippen molar-refractivity contribution in [3.8, 4) is 5.75 Å². The Balaban J connectivity index is 2.21. The third kappa shape index (κ3) is 3.48. The fourth-order valence-electron chi connectivity index (χ4n) is 1.64. The molecule has 0 aliphatic heterocycles. The number of hydrogen-bond acceptors (Lipinski definition) is 5. The van der Waals surface area contributed by atoms with Crippen LogP contribution in [0.4, 0.5) is 5.69 Å². The van der Waals surface area contributed by atoms with Crippen molar-refractivity contribution in [2.75, 3.05) is 18.7 Å². The quantitative estimate of drug-likeness (QED) is 0.692. The summed E-state index contributed by atoms with van der Waals surface area (Å²) in [6.45, 7) is 1.84. The van der Waals surface area contributed by atoms with E-state index in [4.69, 9.17) is 4.74 Å². The molecule has 20 heavy (non-hydrogen) atoms. The predicted molar refractivity (Wildman–Crippen MR) is 79.5 cm³/mol. The van der Waals surface area contributed by atoms with E-state index in [1.54, 1.807) is 25.3 Å². The van der Waals surface area contributed by atoms with Crippen molar-refractivity contribution in [1.82, 2.24) is 9.97 Å². The number of aromatic nitrogens is 2. The van der Waals surface area contributed by atoms with E-state index < -0.39 is 0 Å². The smallest absolute Gasteiger partial charge is 0.274 e. The van der Waals surface area contributed by atoms with Gasteiger partial charge in [-0.1, -0.05) is 17.8 Å². The summed E-state index contributed by atoms with van der Waals surface area (Å²) in [5.74, 6) is 0.422. The largest absolute Gasteiger partial charge is 0.497 e. The summed E-state index contributed by atoms with van der Waals surface area (Å²) < 4.78 is 5.12. The van der Waals surface area contributed by atoms with Gasteiger partial charge in [0.1, 0.15) is 11.4 Å². The zero-order chi connectivity index (χ0) is 14.5. The first-order valence-electron chi connectivity index (χ1n) is 5.97. The van der Waals surface area contributed by atoms with Crippen LogP contribution < -0.4 is 10.1 Å². The Hall–Kier alpha value is -2.08. The van der Waals surface area contributed by atoms with Gasteiger partial charge < -0.3 is 10.1 Å². The Labute approximate surface area is 121 Å². The third-order valence-corrected chi connectivity index (χ3v) is 3.12. The summed E-state index contributed by atoms with van der Waals surface area (Å²) >= 11 is 1.40. The number of aryl methyl sites for hydroxylation is 1. The molecule has 104 valence electrons. The maximum Gasteiger partial charge on any atom is 0.274 e. The predicted octanol–water partition coefficient (Wildman–Crippen LogP) is 2.77. The highest BCUT2D eigenvalue weighted by molar-refractivity contribution is 7.98. The van der Waals surface area contributed by atoms with Crippen molar-refractivity contribution < 1.29 is 9.53 Å². The zero-order valence-corrected chi connectivity index (χ0v) is 12.3. The van der Waals surface area contributed by atoms with Gasteiger partial charge >= 0.3 is 0 Å². The number of nitrogens with zero attached hydrogens (tertiary/aromatic N) is 2. The molecule has 0 radical (unpaired) electrons. The summed E-state index contributed by atoms with van der Waals surface area (Å²) in [6, 6.07) is 8.84. The minimum atomic E-state index is -0.265. The zero-order valence-electron chi connectivity index (χ0n) is 11.5. The first-order valence-corrected chi connectivity index (χ1v) is 7.20. The van der Waals surface area contributed by atoms with Crippen molar-refractivity contribution in [1.29, 1.82) is 0 Å². The lowest BCUT2D eigenvalue weighted by atomic mass is 10.2. The van der Waals surface area contributed by atoms with Gasteiger partial charge in [0.2, 0.25) is 0 Å². The summed E-state index contributed by atoms with van der Waals surface area (Å²) in [5, 5.41) is 3.38. The molecule has 0 atom stereocenters. The highest BCUT2D eigenvalue weighted by Crippen LogP contribution is 2.18. The molecule has 1 heterocycles. The Morgan fingerprint density at radius 2 is 2.10 bits per heavy atom. The molecule has 0 fully saturated rings. The van der Waals surface area contributed by atoms with E-state index in [9.17, 15) is 4.79 Å². The van der Waals surface area contributed by atoms with Crippen LogP contribution in [0.1, 0.15) is 16.2 Å². The Kier molecular flexibility index (Phi) is 4.57. The van der Waals surface area contributed by atoms with Crippen molar-refractivity contribution in [2.45, 2.75) is 12.1 Å². The van der Waals surface area contributed by atoms with Crippen LogP contribution in [0.25, 0.3) is 0 Å². The number of benzene rings is 1. The van der Waals surface area contributed by atoms with Gasteiger partial charge in [0, 0.05) is 17.4 Å². The molecule has 0 spiro atoms. The van der Waals surface area contributed by atoms with Gasteiger partial charge in [-0.3, -0.25) is 4.79 Å². The maximum atomic E-state index is 12.2. The van der Waals surface area contributed by atoms with Crippen LogP contribution in [0, 0.1) is 6.92 Å². The maximum absolute atomic E-state index is 12.2. The fraction of sp³-hybridized carbons (Fsp3) is 0.214. The molecule has 0 bridgehead atoms. The van der Waals surface area contributed by atoms with Gasteiger partial charge in [-0.05, 0) is 31.4 Å². The molecule has 6 heteroatoms. The first kappa shape index (κ1) is 14.3. The van der Waals surface area contributed by atoms with Crippen molar-refractivity contribution in [3.05, 3.63) is 41.7 Å². The minimum absolute atomic E-state index is 0.265. The molecule has 0 saturated heterocycles. The van der Waals surface area contributed by atoms with Crippen LogP contribution >= 0.6 is 11.8 Å². The fourth-order valence-corrected chi connectivity index (χ4v) is 2.07. The van der Waals surface area contributed by atoms with E-state index >= 15 is 0 Å². The summed E-state index contributed by atoms with van der Waals surface area (Å²) in [5.41, 5.74) is 1.78. The van der Waals surface area contributed by atoms with E-state index in [2.05, 4.69) is 15.3 Å².